The minimum Gasteiger partial charge on any atom is -0.351 e. The van der Waals surface area contributed by atoms with E-state index in [1.54, 1.807) is 24.3 Å². The van der Waals surface area contributed by atoms with E-state index >= 15 is 0 Å². The molecule has 2 N–H and O–H groups in total. The van der Waals surface area contributed by atoms with E-state index in [2.05, 4.69) is 10.6 Å². The van der Waals surface area contributed by atoms with Crippen molar-refractivity contribution in [1.29, 1.82) is 5.26 Å². The SMILES string of the molecule is N#CCC(=O)NCc1cccc(NC(=O)c2cccc3ccccc23)c1. The van der Waals surface area contributed by atoms with Gasteiger partial charge in [0, 0.05) is 17.8 Å². The highest BCUT2D eigenvalue weighted by molar-refractivity contribution is 6.12. The maximum atomic E-state index is 12.7. The van der Waals surface area contributed by atoms with Crippen LogP contribution in [0.2, 0.25) is 0 Å². The second-order valence-electron chi connectivity index (χ2n) is 5.79. The Morgan fingerprint density at radius 3 is 2.58 bits per heavy atom. The molecule has 0 aliphatic carbocycles. The third-order valence-corrected chi connectivity index (χ3v) is 3.95. The first-order chi connectivity index (χ1) is 12.7. The summed E-state index contributed by atoms with van der Waals surface area (Å²) in [4.78, 5) is 24.1. The summed E-state index contributed by atoms with van der Waals surface area (Å²) >= 11 is 0. The highest BCUT2D eigenvalue weighted by Gasteiger charge is 2.10. The van der Waals surface area contributed by atoms with Crippen molar-refractivity contribution in [3.63, 3.8) is 0 Å². The summed E-state index contributed by atoms with van der Waals surface area (Å²) in [7, 11) is 0. The zero-order valence-corrected chi connectivity index (χ0v) is 14.0. The van der Waals surface area contributed by atoms with Crippen molar-refractivity contribution in [3.05, 3.63) is 77.9 Å². The zero-order chi connectivity index (χ0) is 18.4. The molecule has 0 aliphatic rings. The van der Waals surface area contributed by atoms with Gasteiger partial charge in [0.1, 0.15) is 6.42 Å². The fraction of sp³-hybridized carbons (Fsp3) is 0.0952. The van der Waals surface area contributed by atoms with E-state index in [1.807, 2.05) is 48.5 Å². The molecule has 3 rings (SSSR count). The van der Waals surface area contributed by atoms with Crippen LogP contribution in [0.3, 0.4) is 0 Å². The summed E-state index contributed by atoms with van der Waals surface area (Å²) in [5, 5.41) is 16.0. The fourth-order valence-corrected chi connectivity index (χ4v) is 2.72. The van der Waals surface area contributed by atoms with Crippen LogP contribution in [0.1, 0.15) is 22.3 Å². The van der Waals surface area contributed by atoms with E-state index in [-0.39, 0.29) is 18.2 Å². The van der Waals surface area contributed by atoms with Crippen LogP contribution in [-0.4, -0.2) is 11.8 Å². The molecule has 0 fully saturated rings. The van der Waals surface area contributed by atoms with E-state index in [0.717, 1.165) is 16.3 Å². The molecule has 3 aromatic rings. The Kier molecular flexibility index (Phi) is 5.25. The van der Waals surface area contributed by atoms with Crippen LogP contribution < -0.4 is 10.6 Å². The number of hydrogen-bond donors (Lipinski definition) is 2. The first kappa shape index (κ1) is 17.2. The van der Waals surface area contributed by atoms with Gasteiger partial charge < -0.3 is 10.6 Å². The summed E-state index contributed by atoms with van der Waals surface area (Å²) in [5.41, 5.74) is 2.10. The average Bonchev–Trinajstić information content (AvgIpc) is 2.66. The van der Waals surface area contributed by atoms with Crippen LogP contribution in [0.15, 0.2) is 66.7 Å². The molecule has 128 valence electrons. The van der Waals surface area contributed by atoms with Gasteiger partial charge in [0.2, 0.25) is 5.91 Å². The average molecular weight is 343 g/mol. The second kappa shape index (κ2) is 7.95. The van der Waals surface area contributed by atoms with Gasteiger partial charge in [-0.3, -0.25) is 9.59 Å². The summed E-state index contributed by atoms with van der Waals surface area (Å²) in [6.45, 7) is 0.304. The minimum atomic E-state index is -0.322. The Bertz CT molecular complexity index is 1000. The Morgan fingerprint density at radius 2 is 1.73 bits per heavy atom. The summed E-state index contributed by atoms with van der Waals surface area (Å²) in [6.07, 6.45) is -0.169. The maximum Gasteiger partial charge on any atom is 0.256 e. The molecule has 5 heteroatoms. The van der Waals surface area contributed by atoms with Crippen LogP contribution in [0.5, 0.6) is 0 Å². The van der Waals surface area contributed by atoms with Crippen LogP contribution in [0.25, 0.3) is 10.8 Å². The number of hydrogen-bond acceptors (Lipinski definition) is 3. The lowest BCUT2D eigenvalue weighted by atomic mass is 10.0. The number of carbonyl (C=O) groups excluding carboxylic acids is 2. The highest BCUT2D eigenvalue weighted by atomic mass is 16.2. The Hall–Kier alpha value is -3.65. The predicted octanol–water partition coefficient (Wildman–Crippen LogP) is 3.62. The van der Waals surface area contributed by atoms with E-state index in [1.165, 1.54) is 0 Å². The van der Waals surface area contributed by atoms with Gasteiger partial charge in [0.25, 0.3) is 5.91 Å². The molecule has 0 heterocycles. The molecule has 0 radical (unpaired) electrons. The molecule has 0 bridgehead atoms. The molecule has 0 aromatic heterocycles. The summed E-state index contributed by atoms with van der Waals surface area (Å²) in [6, 6.07) is 22.4. The number of anilines is 1. The highest BCUT2D eigenvalue weighted by Crippen LogP contribution is 2.20. The van der Waals surface area contributed by atoms with Crippen molar-refractivity contribution < 1.29 is 9.59 Å². The number of nitrogens with one attached hydrogen (secondary N) is 2. The van der Waals surface area contributed by atoms with E-state index in [4.69, 9.17) is 5.26 Å². The number of carbonyl (C=O) groups is 2. The van der Waals surface area contributed by atoms with Crippen LogP contribution >= 0.6 is 0 Å². The molecule has 0 aliphatic heterocycles. The van der Waals surface area contributed by atoms with Gasteiger partial charge in [0.15, 0.2) is 0 Å². The predicted molar refractivity (Wildman–Crippen MR) is 100 cm³/mol. The smallest absolute Gasteiger partial charge is 0.256 e. The van der Waals surface area contributed by atoms with Crippen LogP contribution in [0.4, 0.5) is 5.69 Å². The third-order valence-electron chi connectivity index (χ3n) is 3.95. The molecule has 0 atom stereocenters. The molecule has 0 unspecified atom stereocenters. The van der Waals surface area contributed by atoms with Gasteiger partial charge in [-0.15, -0.1) is 0 Å². The molecule has 5 nitrogen and oxygen atoms in total. The van der Waals surface area contributed by atoms with Gasteiger partial charge in [-0.25, -0.2) is 0 Å². The van der Waals surface area contributed by atoms with Crippen molar-refractivity contribution in [1.82, 2.24) is 5.32 Å². The molecule has 0 saturated heterocycles. The molecule has 26 heavy (non-hydrogen) atoms. The number of rotatable bonds is 5. The first-order valence-corrected chi connectivity index (χ1v) is 8.19. The zero-order valence-electron chi connectivity index (χ0n) is 14.0. The van der Waals surface area contributed by atoms with Crippen molar-refractivity contribution in [3.8, 4) is 6.07 Å². The van der Waals surface area contributed by atoms with Crippen molar-refractivity contribution in [2.75, 3.05) is 5.32 Å². The second-order valence-corrected chi connectivity index (χ2v) is 5.79. The van der Waals surface area contributed by atoms with Crippen molar-refractivity contribution in [2.45, 2.75) is 13.0 Å². The summed E-state index contributed by atoms with van der Waals surface area (Å²) in [5.74, 6) is -0.509. The third kappa shape index (κ3) is 4.05. The topological polar surface area (TPSA) is 82.0 Å². The molecule has 3 aromatic carbocycles. The lowest BCUT2D eigenvalue weighted by Gasteiger charge is -2.10. The summed E-state index contributed by atoms with van der Waals surface area (Å²) < 4.78 is 0. The van der Waals surface area contributed by atoms with Crippen molar-refractivity contribution in [2.24, 2.45) is 0 Å². The van der Waals surface area contributed by atoms with Gasteiger partial charge >= 0.3 is 0 Å². The van der Waals surface area contributed by atoms with E-state index in [0.29, 0.717) is 17.8 Å². The fourth-order valence-electron chi connectivity index (χ4n) is 2.72. The van der Waals surface area contributed by atoms with Gasteiger partial charge in [-0.2, -0.15) is 5.26 Å². The normalized spacial score (nSPS) is 10.1. The Balaban J connectivity index is 1.74. The number of nitrogens with zero attached hydrogens (tertiary/aromatic N) is 1. The van der Waals surface area contributed by atoms with Gasteiger partial charge in [0.05, 0.1) is 6.07 Å². The van der Waals surface area contributed by atoms with Gasteiger partial charge in [-0.1, -0.05) is 48.5 Å². The lowest BCUT2D eigenvalue weighted by Crippen LogP contribution is -2.22. The van der Waals surface area contributed by atoms with E-state index < -0.39 is 0 Å². The Morgan fingerprint density at radius 1 is 0.962 bits per heavy atom. The molecule has 2 amide bonds. The van der Waals surface area contributed by atoms with Crippen LogP contribution in [0, 0.1) is 11.3 Å². The number of amides is 2. The number of nitriles is 1. The molecule has 0 saturated carbocycles. The first-order valence-electron chi connectivity index (χ1n) is 8.19. The lowest BCUT2D eigenvalue weighted by molar-refractivity contribution is -0.120. The van der Waals surface area contributed by atoms with E-state index in [9.17, 15) is 9.59 Å². The Labute approximate surface area is 151 Å². The molecule has 0 spiro atoms. The minimum absolute atomic E-state index is 0.169. The molecular weight excluding hydrogens is 326 g/mol. The largest absolute Gasteiger partial charge is 0.351 e. The van der Waals surface area contributed by atoms with Crippen molar-refractivity contribution >= 4 is 28.3 Å². The number of fused-ring (bicyclic) bond motifs is 1. The quantitative estimate of drug-likeness (QED) is 0.742. The maximum absolute atomic E-state index is 12.7. The number of benzene rings is 3. The standard InChI is InChI=1S/C21H17N3O2/c22-12-11-20(25)23-14-15-5-3-8-17(13-15)24-21(26)19-10-4-7-16-6-1-2-9-18(16)19/h1-10,13H,11,14H2,(H,23,25)(H,24,26). The van der Waals surface area contributed by atoms with Gasteiger partial charge in [-0.05, 0) is 34.5 Å². The molecular formula is C21H17N3O2. The monoisotopic (exact) mass is 343 g/mol. The van der Waals surface area contributed by atoms with Crippen LogP contribution in [-0.2, 0) is 11.3 Å².